The number of benzene rings is 3. The van der Waals surface area contributed by atoms with E-state index in [-0.39, 0.29) is 5.78 Å². The second kappa shape index (κ2) is 8.87. The van der Waals surface area contributed by atoms with Gasteiger partial charge in [0, 0.05) is 31.6 Å². The highest BCUT2D eigenvalue weighted by atomic mass is 16.1. The number of carbonyl (C=O) groups is 1. The van der Waals surface area contributed by atoms with Gasteiger partial charge in [-0.25, -0.2) is 0 Å². The first-order valence-corrected chi connectivity index (χ1v) is 11.2. The Labute approximate surface area is 184 Å². The van der Waals surface area contributed by atoms with Gasteiger partial charge in [0.15, 0.2) is 5.78 Å². The molecule has 1 aliphatic heterocycles. The minimum absolute atomic E-state index is 0.238. The van der Waals surface area contributed by atoms with Crippen LogP contribution in [0.3, 0.4) is 0 Å². The summed E-state index contributed by atoms with van der Waals surface area (Å²) < 4.78 is 0. The van der Waals surface area contributed by atoms with Crippen molar-refractivity contribution in [3.8, 4) is 0 Å². The summed E-state index contributed by atoms with van der Waals surface area (Å²) in [5.41, 5.74) is 9.03. The van der Waals surface area contributed by atoms with Crippen LogP contribution in [0.2, 0.25) is 0 Å². The lowest BCUT2D eigenvalue weighted by Gasteiger charge is -2.30. The first kappa shape index (κ1) is 19.7. The average molecular weight is 406 g/mol. The standard InChI is InChI=1S/C29H27NO/c31-28(24-10-2-1-3-11-24)18-21-30-19-16-25(17-20-30)29-26-12-6-4-8-22(26)14-15-23-9-5-7-13-27(23)29/h1-15H,16-21H2. The van der Waals surface area contributed by atoms with Gasteiger partial charge in [0.2, 0.25) is 0 Å². The Balaban J connectivity index is 1.35. The van der Waals surface area contributed by atoms with Gasteiger partial charge in [0.1, 0.15) is 0 Å². The van der Waals surface area contributed by atoms with Crippen LogP contribution in [-0.4, -0.2) is 30.3 Å². The maximum absolute atomic E-state index is 12.5. The number of hydrogen-bond acceptors (Lipinski definition) is 2. The summed E-state index contributed by atoms with van der Waals surface area (Å²) in [7, 11) is 0. The van der Waals surface area contributed by atoms with E-state index < -0.39 is 0 Å². The van der Waals surface area contributed by atoms with E-state index in [1.54, 1.807) is 0 Å². The van der Waals surface area contributed by atoms with Gasteiger partial charge < -0.3 is 4.90 Å². The highest BCUT2D eigenvalue weighted by Crippen LogP contribution is 2.38. The fourth-order valence-electron chi connectivity index (χ4n) is 4.77. The summed E-state index contributed by atoms with van der Waals surface area (Å²) in [5, 5.41) is 0. The molecule has 154 valence electrons. The molecule has 1 fully saturated rings. The molecule has 0 atom stereocenters. The van der Waals surface area contributed by atoms with E-state index in [9.17, 15) is 4.79 Å². The van der Waals surface area contributed by atoms with Crippen molar-refractivity contribution in [2.24, 2.45) is 0 Å². The van der Waals surface area contributed by atoms with Crippen LogP contribution in [0.5, 0.6) is 0 Å². The van der Waals surface area contributed by atoms with E-state index in [1.807, 2.05) is 30.3 Å². The average Bonchev–Trinajstić information content (AvgIpc) is 3.00. The van der Waals surface area contributed by atoms with E-state index >= 15 is 0 Å². The van der Waals surface area contributed by atoms with Gasteiger partial charge in [-0.05, 0) is 40.7 Å². The van der Waals surface area contributed by atoms with Crippen molar-refractivity contribution in [3.63, 3.8) is 0 Å². The Morgan fingerprint density at radius 2 is 1.26 bits per heavy atom. The van der Waals surface area contributed by atoms with E-state index in [0.29, 0.717) is 6.42 Å². The van der Waals surface area contributed by atoms with E-state index in [2.05, 4.69) is 65.6 Å². The molecule has 0 amide bonds. The zero-order valence-corrected chi connectivity index (χ0v) is 17.8. The summed E-state index contributed by atoms with van der Waals surface area (Å²) in [6.45, 7) is 2.86. The maximum atomic E-state index is 12.5. The largest absolute Gasteiger partial charge is 0.302 e. The van der Waals surface area contributed by atoms with Gasteiger partial charge in [-0.15, -0.1) is 0 Å². The molecule has 0 aromatic heterocycles. The van der Waals surface area contributed by atoms with Crippen molar-refractivity contribution in [2.45, 2.75) is 19.3 Å². The lowest BCUT2D eigenvalue weighted by atomic mass is 9.86. The molecule has 0 bridgehead atoms. The zero-order valence-electron chi connectivity index (χ0n) is 17.8. The second-order valence-corrected chi connectivity index (χ2v) is 8.37. The SMILES string of the molecule is O=C(CCN1CCC(=C2c3ccccc3C=Cc3ccccc32)CC1)c1ccccc1. The fourth-order valence-corrected chi connectivity index (χ4v) is 4.77. The van der Waals surface area contributed by atoms with Gasteiger partial charge in [0.05, 0.1) is 0 Å². The maximum Gasteiger partial charge on any atom is 0.164 e. The smallest absolute Gasteiger partial charge is 0.164 e. The number of likely N-dealkylation sites (tertiary alicyclic amines) is 1. The number of piperidine rings is 1. The molecule has 2 nitrogen and oxygen atoms in total. The highest BCUT2D eigenvalue weighted by Gasteiger charge is 2.22. The van der Waals surface area contributed by atoms with Crippen molar-refractivity contribution in [1.82, 2.24) is 4.90 Å². The Morgan fingerprint density at radius 3 is 1.87 bits per heavy atom. The molecule has 3 aromatic carbocycles. The third-order valence-corrected chi connectivity index (χ3v) is 6.47. The molecule has 3 aromatic rings. The second-order valence-electron chi connectivity index (χ2n) is 8.37. The molecule has 1 saturated heterocycles. The number of ketones is 1. The Kier molecular flexibility index (Phi) is 5.64. The van der Waals surface area contributed by atoms with Crippen LogP contribution in [0.15, 0.2) is 84.4 Å². The number of hydrogen-bond donors (Lipinski definition) is 0. The predicted octanol–water partition coefficient (Wildman–Crippen LogP) is 6.34. The molecule has 2 heteroatoms. The molecule has 1 aliphatic carbocycles. The predicted molar refractivity (Wildman–Crippen MR) is 129 cm³/mol. The molecule has 2 aliphatic rings. The van der Waals surface area contributed by atoms with Gasteiger partial charge in [0.25, 0.3) is 0 Å². The normalized spacial score (nSPS) is 15.9. The summed E-state index contributed by atoms with van der Waals surface area (Å²) >= 11 is 0. The molecular formula is C29H27NO. The van der Waals surface area contributed by atoms with Crippen LogP contribution in [-0.2, 0) is 0 Å². The quantitative estimate of drug-likeness (QED) is 0.369. The Morgan fingerprint density at radius 1 is 0.710 bits per heavy atom. The number of fused-ring (bicyclic) bond motifs is 2. The first-order chi connectivity index (χ1) is 15.3. The zero-order chi connectivity index (χ0) is 21.0. The number of Topliss-reactive ketones (excluding diaryl/α,β-unsaturated/α-hetero) is 1. The molecular weight excluding hydrogens is 378 g/mol. The van der Waals surface area contributed by atoms with Crippen molar-refractivity contribution in [3.05, 3.63) is 112 Å². The van der Waals surface area contributed by atoms with E-state index in [0.717, 1.165) is 38.0 Å². The van der Waals surface area contributed by atoms with E-state index in [1.165, 1.54) is 33.4 Å². The van der Waals surface area contributed by atoms with Crippen molar-refractivity contribution in [2.75, 3.05) is 19.6 Å². The molecule has 31 heavy (non-hydrogen) atoms. The molecule has 0 unspecified atom stereocenters. The lowest BCUT2D eigenvalue weighted by molar-refractivity contribution is 0.0962. The van der Waals surface area contributed by atoms with Crippen LogP contribution < -0.4 is 0 Å². The van der Waals surface area contributed by atoms with Crippen molar-refractivity contribution in [1.29, 1.82) is 0 Å². The highest BCUT2D eigenvalue weighted by molar-refractivity contribution is 5.96. The molecule has 1 heterocycles. The summed E-state index contributed by atoms with van der Waals surface area (Å²) in [6.07, 6.45) is 7.18. The van der Waals surface area contributed by atoms with Gasteiger partial charge >= 0.3 is 0 Å². The van der Waals surface area contributed by atoms with Crippen LogP contribution in [0.4, 0.5) is 0 Å². The van der Waals surface area contributed by atoms with Crippen LogP contribution in [0.1, 0.15) is 51.9 Å². The molecule has 0 N–H and O–H groups in total. The van der Waals surface area contributed by atoms with Crippen LogP contribution >= 0.6 is 0 Å². The molecule has 0 radical (unpaired) electrons. The third kappa shape index (κ3) is 4.17. The molecule has 0 saturated carbocycles. The summed E-state index contributed by atoms with van der Waals surface area (Å²) in [4.78, 5) is 14.9. The van der Waals surface area contributed by atoms with E-state index in [4.69, 9.17) is 0 Å². The number of carbonyl (C=O) groups excluding carboxylic acids is 1. The summed E-state index contributed by atoms with van der Waals surface area (Å²) in [5.74, 6) is 0.238. The molecule has 0 spiro atoms. The Bertz CT molecular complexity index is 1090. The monoisotopic (exact) mass is 405 g/mol. The summed E-state index contributed by atoms with van der Waals surface area (Å²) in [6, 6.07) is 27.1. The lowest BCUT2D eigenvalue weighted by Crippen LogP contribution is -2.33. The first-order valence-electron chi connectivity index (χ1n) is 11.2. The number of nitrogens with zero attached hydrogens (tertiary/aromatic N) is 1. The fraction of sp³-hybridized carbons (Fsp3) is 0.207. The van der Waals surface area contributed by atoms with Gasteiger partial charge in [-0.1, -0.05) is 96.6 Å². The van der Waals surface area contributed by atoms with Crippen LogP contribution in [0.25, 0.3) is 17.7 Å². The molecule has 5 rings (SSSR count). The van der Waals surface area contributed by atoms with Gasteiger partial charge in [-0.3, -0.25) is 4.79 Å². The topological polar surface area (TPSA) is 20.3 Å². The minimum atomic E-state index is 0.238. The number of rotatable bonds is 4. The Hall–Kier alpha value is -3.23. The minimum Gasteiger partial charge on any atom is -0.302 e. The third-order valence-electron chi connectivity index (χ3n) is 6.47. The van der Waals surface area contributed by atoms with Crippen molar-refractivity contribution >= 4 is 23.5 Å². The van der Waals surface area contributed by atoms with Crippen molar-refractivity contribution < 1.29 is 4.79 Å². The van der Waals surface area contributed by atoms with Crippen LogP contribution in [0, 0.1) is 0 Å². The van der Waals surface area contributed by atoms with Gasteiger partial charge in [-0.2, -0.15) is 0 Å².